The van der Waals surface area contributed by atoms with Crippen molar-refractivity contribution in [3.63, 3.8) is 0 Å². The topological polar surface area (TPSA) is 66.6 Å². The van der Waals surface area contributed by atoms with Crippen molar-refractivity contribution in [2.45, 2.75) is 25.4 Å². The highest BCUT2D eigenvalue weighted by Gasteiger charge is 2.28. The van der Waals surface area contributed by atoms with Crippen LogP contribution < -0.4 is 5.73 Å². The summed E-state index contributed by atoms with van der Waals surface area (Å²) in [5.41, 5.74) is 6.99. The van der Waals surface area contributed by atoms with Gasteiger partial charge in [0.05, 0.1) is 0 Å². The van der Waals surface area contributed by atoms with Crippen molar-refractivity contribution < 1.29 is 9.90 Å². The number of rotatable bonds is 4. The molecule has 18 heavy (non-hydrogen) atoms. The van der Waals surface area contributed by atoms with E-state index in [1.807, 2.05) is 18.2 Å². The summed E-state index contributed by atoms with van der Waals surface area (Å²) in [5.74, 6) is -0.818. The summed E-state index contributed by atoms with van der Waals surface area (Å²) in [4.78, 5) is 13.2. The zero-order valence-electron chi connectivity index (χ0n) is 10.5. The highest BCUT2D eigenvalue weighted by molar-refractivity contribution is 5.73. The summed E-state index contributed by atoms with van der Waals surface area (Å²) in [7, 11) is 0. The summed E-state index contributed by atoms with van der Waals surface area (Å²) in [6.45, 7) is 2.68. The predicted octanol–water partition coefficient (Wildman–Crippen LogP) is 1.31. The third-order valence-electron chi connectivity index (χ3n) is 3.58. The van der Waals surface area contributed by atoms with Gasteiger partial charge in [0.15, 0.2) is 0 Å². The van der Waals surface area contributed by atoms with E-state index in [0.717, 1.165) is 32.5 Å². The molecule has 1 aromatic carbocycles. The van der Waals surface area contributed by atoms with Crippen LogP contribution in [0, 0.1) is 5.92 Å². The molecule has 4 nitrogen and oxygen atoms in total. The van der Waals surface area contributed by atoms with E-state index in [1.165, 1.54) is 5.56 Å². The normalized spacial score (nSPS) is 22.6. The van der Waals surface area contributed by atoms with Crippen molar-refractivity contribution in [3.8, 4) is 0 Å². The molecule has 1 fully saturated rings. The molecule has 1 saturated heterocycles. The predicted molar refractivity (Wildman–Crippen MR) is 70.1 cm³/mol. The maximum atomic E-state index is 10.9. The first-order valence-corrected chi connectivity index (χ1v) is 6.41. The number of nitrogens with zero attached hydrogens (tertiary/aromatic N) is 1. The summed E-state index contributed by atoms with van der Waals surface area (Å²) in [5, 5.41) is 8.97. The summed E-state index contributed by atoms with van der Waals surface area (Å²) in [6.07, 6.45) is 1.94. The van der Waals surface area contributed by atoms with Gasteiger partial charge in [0, 0.05) is 13.1 Å². The van der Waals surface area contributed by atoms with Gasteiger partial charge in [-0.1, -0.05) is 30.3 Å². The number of hydrogen-bond donors (Lipinski definition) is 2. The number of hydrogen-bond acceptors (Lipinski definition) is 3. The van der Waals surface area contributed by atoms with Crippen molar-refractivity contribution in [1.29, 1.82) is 0 Å². The van der Waals surface area contributed by atoms with Crippen LogP contribution in [-0.2, 0) is 11.3 Å². The van der Waals surface area contributed by atoms with E-state index in [4.69, 9.17) is 10.8 Å². The van der Waals surface area contributed by atoms with Gasteiger partial charge in [0.2, 0.25) is 0 Å². The zero-order valence-corrected chi connectivity index (χ0v) is 10.5. The largest absolute Gasteiger partial charge is 0.480 e. The Balaban J connectivity index is 1.93. The Morgan fingerprint density at radius 3 is 2.83 bits per heavy atom. The van der Waals surface area contributed by atoms with Crippen LogP contribution in [0.15, 0.2) is 30.3 Å². The van der Waals surface area contributed by atoms with Crippen molar-refractivity contribution in [2.24, 2.45) is 11.7 Å². The minimum Gasteiger partial charge on any atom is -0.480 e. The average Bonchev–Trinajstić information content (AvgIpc) is 2.39. The highest BCUT2D eigenvalue weighted by Crippen LogP contribution is 2.20. The molecule has 98 valence electrons. The van der Waals surface area contributed by atoms with Gasteiger partial charge in [0.25, 0.3) is 0 Å². The molecule has 1 aliphatic rings. The Morgan fingerprint density at radius 1 is 1.44 bits per heavy atom. The van der Waals surface area contributed by atoms with Gasteiger partial charge in [-0.2, -0.15) is 0 Å². The van der Waals surface area contributed by atoms with Gasteiger partial charge in [-0.25, -0.2) is 0 Å². The smallest absolute Gasteiger partial charge is 0.320 e. The number of nitrogens with two attached hydrogens (primary N) is 1. The number of aliphatic carboxylic acids is 1. The average molecular weight is 248 g/mol. The van der Waals surface area contributed by atoms with Gasteiger partial charge >= 0.3 is 5.97 Å². The van der Waals surface area contributed by atoms with E-state index in [2.05, 4.69) is 17.0 Å². The molecular weight excluding hydrogens is 228 g/mol. The molecule has 2 rings (SSSR count). The van der Waals surface area contributed by atoms with Crippen LogP contribution in [0.5, 0.6) is 0 Å². The van der Waals surface area contributed by atoms with Crippen LogP contribution in [0.25, 0.3) is 0 Å². The number of carboxylic acid groups (broad SMARTS) is 1. The highest BCUT2D eigenvalue weighted by atomic mass is 16.4. The lowest BCUT2D eigenvalue weighted by atomic mass is 9.91. The van der Waals surface area contributed by atoms with Crippen LogP contribution in [0.3, 0.4) is 0 Å². The summed E-state index contributed by atoms with van der Waals surface area (Å²) in [6, 6.07) is 9.52. The molecule has 0 bridgehead atoms. The number of piperidine rings is 1. The first-order chi connectivity index (χ1) is 8.66. The number of likely N-dealkylation sites (tertiary alicyclic amines) is 1. The van der Waals surface area contributed by atoms with Crippen LogP contribution in [0.1, 0.15) is 18.4 Å². The van der Waals surface area contributed by atoms with Crippen molar-refractivity contribution >= 4 is 5.97 Å². The molecule has 0 saturated carbocycles. The fourth-order valence-corrected chi connectivity index (χ4v) is 2.57. The number of carboxylic acids is 1. The van der Waals surface area contributed by atoms with Crippen molar-refractivity contribution in [2.75, 3.05) is 13.1 Å². The van der Waals surface area contributed by atoms with Gasteiger partial charge < -0.3 is 10.8 Å². The van der Waals surface area contributed by atoms with Crippen molar-refractivity contribution in [3.05, 3.63) is 35.9 Å². The Hall–Kier alpha value is -1.39. The molecule has 1 heterocycles. The van der Waals surface area contributed by atoms with Gasteiger partial charge in [0.1, 0.15) is 6.04 Å². The first kappa shape index (κ1) is 13.1. The zero-order chi connectivity index (χ0) is 13.0. The fraction of sp³-hybridized carbons (Fsp3) is 0.500. The van der Waals surface area contributed by atoms with Crippen LogP contribution in [-0.4, -0.2) is 35.1 Å². The molecule has 3 N–H and O–H groups in total. The molecule has 0 spiro atoms. The number of carbonyl (C=O) groups is 1. The van der Waals surface area contributed by atoms with Crippen LogP contribution >= 0.6 is 0 Å². The molecule has 4 heteroatoms. The summed E-state index contributed by atoms with van der Waals surface area (Å²) >= 11 is 0. The van der Waals surface area contributed by atoms with Crippen molar-refractivity contribution in [1.82, 2.24) is 4.90 Å². The lowest BCUT2D eigenvalue weighted by molar-refractivity contribution is -0.140. The van der Waals surface area contributed by atoms with E-state index in [0.29, 0.717) is 0 Å². The number of benzene rings is 1. The second kappa shape index (κ2) is 5.98. The Morgan fingerprint density at radius 2 is 2.17 bits per heavy atom. The molecule has 0 radical (unpaired) electrons. The van der Waals surface area contributed by atoms with E-state index in [9.17, 15) is 4.79 Å². The third kappa shape index (κ3) is 3.31. The maximum absolute atomic E-state index is 10.9. The third-order valence-corrected chi connectivity index (χ3v) is 3.58. The molecule has 0 aromatic heterocycles. The Kier molecular flexibility index (Phi) is 4.33. The first-order valence-electron chi connectivity index (χ1n) is 6.41. The second-order valence-corrected chi connectivity index (χ2v) is 4.99. The van der Waals surface area contributed by atoms with Gasteiger partial charge in [-0.3, -0.25) is 9.69 Å². The lowest BCUT2D eigenvalue weighted by Crippen LogP contribution is -2.46. The Bertz CT molecular complexity index is 394. The van der Waals surface area contributed by atoms with E-state index < -0.39 is 12.0 Å². The second-order valence-electron chi connectivity index (χ2n) is 4.99. The molecule has 2 atom stereocenters. The molecule has 1 aromatic rings. The monoisotopic (exact) mass is 248 g/mol. The molecule has 0 aliphatic carbocycles. The molecular formula is C14H20N2O2. The fourth-order valence-electron chi connectivity index (χ4n) is 2.57. The van der Waals surface area contributed by atoms with E-state index in [1.54, 1.807) is 0 Å². The minimum absolute atomic E-state index is 0.0694. The Labute approximate surface area is 107 Å². The molecule has 0 amide bonds. The quantitative estimate of drug-likeness (QED) is 0.843. The molecule has 1 aliphatic heterocycles. The molecule has 2 unspecified atom stereocenters. The van der Waals surface area contributed by atoms with Gasteiger partial charge in [-0.15, -0.1) is 0 Å². The van der Waals surface area contributed by atoms with Crippen LogP contribution in [0.4, 0.5) is 0 Å². The van der Waals surface area contributed by atoms with E-state index >= 15 is 0 Å². The minimum atomic E-state index is -0.887. The van der Waals surface area contributed by atoms with Gasteiger partial charge in [-0.05, 0) is 30.9 Å². The van der Waals surface area contributed by atoms with Crippen LogP contribution in [0.2, 0.25) is 0 Å². The lowest BCUT2D eigenvalue weighted by Gasteiger charge is -2.34. The summed E-state index contributed by atoms with van der Waals surface area (Å²) < 4.78 is 0. The SMILES string of the molecule is NC(C(=O)O)C1CCCN(Cc2ccccc2)C1. The van der Waals surface area contributed by atoms with E-state index in [-0.39, 0.29) is 5.92 Å². The standard InChI is InChI=1S/C14H20N2O2/c15-13(14(17)18)12-7-4-8-16(10-12)9-11-5-2-1-3-6-11/h1-3,5-6,12-13H,4,7-10,15H2,(H,17,18). The maximum Gasteiger partial charge on any atom is 0.320 e.